The first-order valence-corrected chi connectivity index (χ1v) is 7.44. The van der Waals surface area contributed by atoms with Crippen molar-refractivity contribution in [2.75, 3.05) is 0 Å². The molecular formula is C14H26F6O. The summed E-state index contributed by atoms with van der Waals surface area (Å²) in [4.78, 5) is 0. The molecule has 1 rings (SSSR count). The standard InChI is InChI=1S/C10H14F6O.2C2H6/c11-9(12,13)8(17,10(14,15)16)6-7-4-2-1-3-5-7;2*1-2/h7,17H,1-6H2;2*1-2H3. The van der Waals surface area contributed by atoms with E-state index in [0.29, 0.717) is 25.7 Å². The molecule has 1 nitrogen and oxygen atoms in total. The van der Waals surface area contributed by atoms with Gasteiger partial charge in [0.05, 0.1) is 0 Å². The third kappa shape index (κ3) is 6.45. The van der Waals surface area contributed by atoms with Crippen LogP contribution < -0.4 is 0 Å². The largest absolute Gasteiger partial charge is 0.426 e. The number of hydrogen-bond donors (Lipinski definition) is 1. The molecule has 1 aliphatic carbocycles. The van der Waals surface area contributed by atoms with Crippen molar-refractivity contribution in [1.29, 1.82) is 0 Å². The van der Waals surface area contributed by atoms with Crippen LogP contribution in [0.3, 0.4) is 0 Å². The van der Waals surface area contributed by atoms with Gasteiger partial charge in [-0.05, 0) is 12.3 Å². The van der Waals surface area contributed by atoms with Crippen LogP contribution in [-0.2, 0) is 0 Å². The molecule has 21 heavy (non-hydrogen) atoms. The summed E-state index contributed by atoms with van der Waals surface area (Å²) < 4.78 is 74.3. The van der Waals surface area contributed by atoms with Crippen LogP contribution in [0, 0.1) is 5.92 Å². The molecule has 0 saturated heterocycles. The maximum atomic E-state index is 12.4. The van der Waals surface area contributed by atoms with Crippen LogP contribution in [0.1, 0.15) is 66.2 Å². The van der Waals surface area contributed by atoms with Crippen LogP contribution in [0.15, 0.2) is 0 Å². The lowest BCUT2D eigenvalue weighted by atomic mass is 9.80. The highest BCUT2D eigenvalue weighted by atomic mass is 19.4. The second-order valence-corrected chi connectivity index (χ2v) is 4.56. The molecule has 130 valence electrons. The fourth-order valence-electron chi connectivity index (χ4n) is 2.20. The number of alkyl halides is 6. The van der Waals surface area contributed by atoms with Gasteiger partial charge >= 0.3 is 12.4 Å². The highest BCUT2D eigenvalue weighted by Crippen LogP contribution is 2.48. The first-order valence-electron chi connectivity index (χ1n) is 7.44. The van der Waals surface area contributed by atoms with E-state index in [-0.39, 0.29) is 0 Å². The highest BCUT2D eigenvalue weighted by molar-refractivity contribution is 4.95. The van der Waals surface area contributed by atoms with Crippen LogP contribution in [0.4, 0.5) is 26.3 Å². The lowest BCUT2D eigenvalue weighted by molar-refractivity contribution is -0.373. The fraction of sp³-hybridized carbons (Fsp3) is 1.00. The molecule has 7 heteroatoms. The Labute approximate surface area is 122 Å². The zero-order valence-corrected chi connectivity index (χ0v) is 13.0. The van der Waals surface area contributed by atoms with Crippen molar-refractivity contribution in [3.63, 3.8) is 0 Å². The van der Waals surface area contributed by atoms with Gasteiger partial charge in [0.25, 0.3) is 5.60 Å². The first-order chi connectivity index (χ1) is 9.58. The van der Waals surface area contributed by atoms with Crippen molar-refractivity contribution in [3.05, 3.63) is 0 Å². The summed E-state index contributed by atoms with van der Waals surface area (Å²) in [7, 11) is 0. The van der Waals surface area contributed by atoms with Crippen molar-refractivity contribution < 1.29 is 31.4 Å². The summed E-state index contributed by atoms with van der Waals surface area (Å²) in [5.74, 6) is -0.711. The smallest absolute Gasteiger partial charge is 0.374 e. The SMILES string of the molecule is CC.CC.OC(CC1CCCCC1)(C(F)(F)F)C(F)(F)F. The molecule has 0 aromatic carbocycles. The molecule has 0 bridgehead atoms. The molecule has 0 aromatic heterocycles. The monoisotopic (exact) mass is 324 g/mol. The Hall–Kier alpha value is -0.460. The molecule has 1 saturated carbocycles. The third-order valence-corrected chi connectivity index (χ3v) is 3.25. The van der Waals surface area contributed by atoms with E-state index in [1.54, 1.807) is 0 Å². The van der Waals surface area contributed by atoms with Crippen molar-refractivity contribution in [1.82, 2.24) is 0 Å². The van der Waals surface area contributed by atoms with Gasteiger partial charge in [-0.15, -0.1) is 0 Å². The number of hydrogen-bond acceptors (Lipinski definition) is 1. The first kappa shape index (κ1) is 22.8. The van der Waals surface area contributed by atoms with Crippen molar-refractivity contribution in [2.24, 2.45) is 5.92 Å². The van der Waals surface area contributed by atoms with Gasteiger partial charge in [0.1, 0.15) is 0 Å². The Morgan fingerprint density at radius 2 is 1.10 bits per heavy atom. The minimum absolute atomic E-state index is 0.314. The zero-order chi connectivity index (χ0) is 17.3. The summed E-state index contributed by atoms with van der Waals surface area (Å²) in [6.45, 7) is 8.00. The lowest BCUT2D eigenvalue weighted by Gasteiger charge is -2.36. The van der Waals surface area contributed by atoms with E-state index < -0.39 is 30.3 Å². The van der Waals surface area contributed by atoms with Crippen LogP contribution in [-0.4, -0.2) is 23.1 Å². The Bertz CT molecular complexity index is 239. The normalized spacial score (nSPS) is 17.3. The van der Waals surface area contributed by atoms with Gasteiger partial charge in [0.2, 0.25) is 0 Å². The maximum Gasteiger partial charge on any atom is 0.426 e. The van der Waals surface area contributed by atoms with E-state index in [1.165, 1.54) is 0 Å². The number of halogens is 6. The predicted octanol–water partition coefficient (Wildman–Crippen LogP) is 5.86. The minimum atomic E-state index is -5.68. The predicted molar refractivity (Wildman–Crippen MR) is 70.9 cm³/mol. The van der Waals surface area contributed by atoms with E-state index in [1.807, 2.05) is 27.7 Å². The van der Waals surface area contributed by atoms with E-state index in [9.17, 15) is 26.3 Å². The van der Waals surface area contributed by atoms with E-state index >= 15 is 0 Å². The van der Waals surface area contributed by atoms with Gasteiger partial charge in [-0.2, -0.15) is 26.3 Å². The molecule has 1 aliphatic rings. The molecule has 1 fully saturated rings. The molecule has 0 amide bonds. The van der Waals surface area contributed by atoms with Gasteiger partial charge in [-0.1, -0.05) is 59.8 Å². The van der Waals surface area contributed by atoms with Crippen LogP contribution >= 0.6 is 0 Å². The molecule has 0 aromatic rings. The second kappa shape index (κ2) is 9.54. The lowest BCUT2D eigenvalue weighted by Crippen LogP contribution is -2.57. The van der Waals surface area contributed by atoms with Gasteiger partial charge in [0.15, 0.2) is 0 Å². The average Bonchev–Trinajstić information content (AvgIpc) is 2.42. The van der Waals surface area contributed by atoms with Crippen LogP contribution in [0.25, 0.3) is 0 Å². The molecule has 0 spiro atoms. The van der Waals surface area contributed by atoms with Gasteiger partial charge in [0, 0.05) is 0 Å². The van der Waals surface area contributed by atoms with Crippen molar-refractivity contribution in [3.8, 4) is 0 Å². The van der Waals surface area contributed by atoms with E-state index in [2.05, 4.69) is 0 Å². The summed E-state index contributed by atoms with van der Waals surface area (Å²) in [5.41, 5.74) is -4.57. The maximum absolute atomic E-state index is 12.4. The Kier molecular flexibility index (Phi) is 10.4. The van der Waals surface area contributed by atoms with Gasteiger partial charge in [-0.3, -0.25) is 0 Å². The third-order valence-electron chi connectivity index (χ3n) is 3.25. The number of rotatable bonds is 2. The summed E-state index contributed by atoms with van der Waals surface area (Å²) in [5, 5.41) is 8.99. The molecule has 0 aliphatic heterocycles. The Morgan fingerprint density at radius 1 is 0.762 bits per heavy atom. The van der Waals surface area contributed by atoms with E-state index in [4.69, 9.17) is 5.11 Å². The Balaban J connectivity index is 0. The number of aliphatic hydroxyl groups is 1. The van der Waals surface area contributed by atoms with Gasteiger partial charge in [-0.25, -0.2) is 0 Å². The molecule has 0 radical (unpaired) electrons. The molecule has 0 heterocycles. The molecule has 0 atom stereocenters. The molecular weight excluding hydrogens is 298 g/mol. The van der Waals surface area contributed by atoms with Crippen molar-refractivity contribution in [2.45, 2.75) is 84.2 Å². The zero-order valence-electron chi connectivity index (χ0n) is 13.0. The molecule has 1 N–H and O–H groups in total. The van der Waals surface area contributed by atoms with Crippen molar-refractivity contribution >= 4 is 0 Å². The van der Waals surface area contributed by atoms with Crippen LogP contribution in [0.5, 0.6) is 0 Å². The topological polar surface area (TPSA) is 20.2 Å². The highest BCUT2D eigenvalue weighted by Gasteiger charge is 2.70. The second-order valence-electron chi connectivity index (χ2n) is 4.56. The summed E-state index contributed by atoms with van der Waals surface area (Å²) in [6, 6.07) is 0. The molecule has 0 unspecified atom stereocenters. The van der Waals surface area contributed by atoms with Crippen LogP contribution in [0.2, 0.25) is 0 Å². The fourth-order valence-corrected chi connectivity index (χ4v) is 2.20. The Morgan fingerprint density at radius 3 is 1.38 bits per heavy atom. The van der Waals surface area contributed by atoms with Gasteiger partial charge < -0.3 is 5.11 Å². The summed E-state index contributed by atoms with van der Waals surface area (Å²) >= 11 is 0. The minimum Gasteiger partial charge on any atom is -0.374 e. The summed E-state index contributed by atoms with van der Waals surface area (Å²) in [6.07, 6.45) is -9.94. The quantitative estimate of drug-likeness (QED) is 0.630. The van der Waals surface area contributed by atoms with E-state index in [0.717, 1.165) is 6.42 Å². The average molecular weight is 324 g/mol.